The van der Waals surface area contributed by atoms with Crippen molar-refractivity contribution in [2.45, 2.75) is 30.2 Å². The number of pyridine rings is 1. The van der Waals surface area contributed by atoms with E-state index in [9.17, 15) is 4.79 Å². The molecule has 2 heterocycles. The molecule has 2 unspecified atom stereocenters. The van der Waals surface area contributed by atoms with E-state index in [0.29, 0.717) is 24.3 Å². The number of nitrogens with one attached hydrogen (secondary N) is 3. The minimum absolute atomic E-state index is 0.314. The summed E-state index contributed by atoms with van der Waals surface area (Å²) in [5.41, 5.74) is 4.86. The summed E-state index contributed by atoms with van der Waals surface area (Å²) in [7, 11) is 5.60. The maximum absolute atomic E-state index is 11.1. The van der Waals surface area contributed by atoms with Gasteiger partial charge >= 0.3 is 0 Å². The van der Waals surface area contributed by atoms with E-state index in [0.717, 1.165) is 57.3 Å². The van der Waals surface area contributed by atoms with E-state index in [-0.39, 0.29) is 0 Å². The second kappa shape index (κ2) is 10.7. The Morgan fingerprint density at radius 3 is 2.73 bits per heavy atom. The number of carbonyl (C=O) groups is 1. The van der Waals surface area contributed by atoms with Crippen molar-refractivity contribution in [1.29, 1.82) is 0 Å². The van der Waals surface area contributed by atoms with Gasteiger partial charge in [-0.1, -0.05) is 6.07 Å². The molecule has 0 bridgehead atoms. The van der Waals surface area contributed by atoms with E-state index >= 15 is 0 Å². The number of rotatable bonds is 11. The Bertz CT molecular complexity index is 1420. The molecule has 10 heteroatoms. The van der Waals surface area contributed by atoms with Crippen LogP contribution in [-0.2, 0) is 4.79 Å². The van der Waals surface area contributed by atoms with Crippen molar-refractivity contribution < 1.29 is 14.3 Å². The Labute approximate surface area is 220 Å². The number of H-pyrrole nitrogens is 1. The zero-order valence-corrected chi connectivity index (χ0v) is 22.1. The molecule has 0 spiro atoms. The molecular weight excluding hydrogens is 488 g/mol. The van der Waals surface area contributed by atoms with Gasteiger partial charge < -0.3 is 20.1 Å². The zero-order chi connectivity index (χ0) is 25.9. The van der Waals surface area contributed by atoms with Gasteiger partial charge in [0.25, 0.3) is 0 Å². The molecule has 1 aliphatic carbocycles. The van der Waals surface area contributed by atoms with E-state index < -0.39 is 0 Å². The average molecular weight is 519 g/mol. The lowest BCUT2D eigenvalue weighted by Crippen LogP contribution is -2.04. The quantitative estimate of drug-likeness (QED) is 0.176. The third kappa shape index (κ3) is 5.35. The summed E-state index contributed by atoms with van der Waals surface area (Å²) in [6.07, 6.45) is 1.72. The van der Waals surface area contributed by atoms with Crippen molar-refractivity contribution in [3.63, 3.8) is 0 Å². The Balaban J connectivity index is 1.37. The van der Waals surface area contributed by atoms with Crippen LogP contribution in [-0.4, -0.2) is 53.7 Å². The van der Waals surface area contributed by atoms with Gasteiger partial charge in [0.1, 0.15) is 16.5 Å². The number of ether oxygens (including phenoxy) is 2. The van der Waals surface area contributed by atoms with Crippen molar-refractivity contribution >= 4 is 46.5 Å². The highest BCUT2D eigenvalue weighted by Gasteiger charge is 2.41. The van der Waals surface area contributed by atoms with Crippen molar-refractivity contribution in [1.82, 2.24) is 19.5 Å². The van der Waals surface area contributed by atoms with Gasteiger partial charge in [0, 0.05) is 11.1 Å². The molecule has 9 nitrogen and oxygen atoms in total. The molecule has 4 aromatic rings. The van der Waals surface area contributed by atoms with E-state index in [1.807, 2.05) is 55.7 Å². The summed E-state index contributed by atoms with van der Waals surface area (Å²) < 4.78 is 13.2. The summed E-state index contributed by atoms with van der Waals surface area (Å²) in [6.45, 7) is 2.46. The van der Waals surface area contributed by atoms with Crippen LogP contribution in [0, 0.1) is 0 Å². The first-order valence-electron chi connectivity index (χ1n) is 12.1. The summed E-state index contributed by atoms with van der Waals surface area (Å²) in [5.74, 6) is 2.72. The normalized spacial score (nSPS) is 16.6. The van der Waals surface area contributed by atoms with Gasteiger partial charge in [-0.2, -0.15) is 5.10 Å². The highest BCUT2D eigenvalue weighted by molar-refractivity contribution is 7.96. The molecule has 1 saturated carbocycles. The average Bonchev–Trinajstić information content (AvgIpc) is 3.59. The molecule has 5 rings (SSSR count). The number of benzene rings is 2. The van der Waals surface area contributed by atoms with Gasteiger partial charge in [-0.25, -0.2) is 4.98 Å². The highest BCUT2D eigenvalue weighted by atomic mass is 32.2. The molecule has 2 aromatic carbocycles. The van der Waals surface area contributed by atoms with Crippen LogP contribution in [0.25, 0.3) is 10.9 Å². The molecule has 2 aromatic heterocycles. The fraction of sp³-hybridized carbons (Fsp3) is 0.296. The lowest BCUT2D eigenvalue weighted by Gasteiger charge is -2.13. The van der Waals surface area contributed by atoms with E-state index in [2.05, 4.69) is 44.0 Å². The predicted molar refractivity (Wildman–Crippen MR) is 147 cm³/mol. The van der Waals surface area contributed by atoms with Crippen molar-refractivity contribution in [2.75, 3.05) is 38.4 Å². The Morgan fingerprint density at radius 1 is 1.14 bits per heavy atom. The first kappa shape index (κ1) is 24.9. The van der Waals surface area contributed by atoms with Crippen LogP contribution in [0.4, 0.5) is 17.2 Å². The lowest BCUT2D eigenvalue weighted by atomic mass is 10.0. The van der Waals surface area contributed by atoms with E-state index in [1.54, 1.807) is 7.11 Å². The summed E-state index contributed by atoms with van der Waals surface area (Å²) >= 11 is 1.54. The van der Waals surface area contributed by atoms with Crippen LogP contribution in [0.1, 0.15) is 36.3 Å². The number of fused-ring (bicyclic) bond motifs is 1. The van der Waals surface area contributed by atoms with Gasteiger partial charge in [0.2, 0.25) is 12.3 Å². The van der Waals surface area contributed by atoms with Crippen LogP contribution >= 0.6 is 11.9 Å². The standard InChI is InChI=1S/C27H30N6O3S/c1-5-36-27-23(10-11-25(30-27)37-33(2)3)29-26-18-8-6-16(12-24(18)31-32-26)19-14-20(19)21-13-17(35-4)7-9-22(21)28-15-34/h6-13,15,19-20H,5,14H2,1-4H3,(H,28,34)(H2,29,31,32). The SMILES string of the molecule is CCOc1nc(SN(C)C)ccc1Nc1n[nH]c2cc(C3CC3c3cc(OC)ccc3NC=O)ccc12. The number of nitrogens with zero attached hydrogens (tertiary/aromatic N) is 3. The van der Waals surface area contributed by atoms with Gasteiger partial charge in [-0.3, -0.25) is 14.2 Å². The van der Waals surface area contributed by atoms with E-state index in [4.69, 9.17) is 9.47 Å². The monoisotopic (exact) mass is 518 g/mol. The molecule has 3 N–H and O–H groups in total. The molecule has 0 radical (unpaired) electrons. The Morgan fingerprint density at radius 2 is 1.97 bits per heavy atom. The number of amides is 1. The van der Waals surface area contributed by atoms with Crippen molar-refractivity contribution in [3.8, 4) is 11.6 Å². The lowest BCUT2D eigenvalue weighted by molar-refractivity contribution is -0.105. The van der Waals surface area contributed by atoms with Gasteiger partial charge in [0.05, 0.1) is 19.2 Å². The third-order valence-corrected chi connectivity index (χ3v) is 7.10. The molecular formula is C27H30N6O3S. The first-order chi connectivity index (χ1) is 18.0. The van der Waals surface area contributed by atoms with Crippen LogP contribution in [0.3, 0.4) is 0 Å². The predicted octanol–water partition coefficient (Wildman–Crippen LogP) is 5.52. The number of carbonyl (C=O) groups excluding carboxylic acids is 1. The molecule has 37 heavy (non-hydrogen) atoms. The highest BCUT2D eigenvalue weighted by Crippen LogP contribution is 2.57. The first-order valence-corrected chi connectivity index (χ1v) is 12.9. The number of aromatic nitrogens is 3. The summed E-state index contributed by atoms with van der Waals surface area (Å²) in [6, 6.07) is 16.1. The van der Waals surface area contributed by atoms with Crippen LogP contribution in [0.5, 0.6) is 11.6 Å². The molecule has 2 atom stereocenters. The third-order valence-electron chi connectivity index (χ3n) is 6.32. The van der Waals surface area contributed by atoms with Crippen LogP contribution < -0.4 is 20.1 Å². The number of hydrogen-bond donors (Lipinski definition) is 3. The zero-order valence-electron chi connectivity index (χ0n) is 21.2. The smallest absolute Gasteiger partial charge is 0.238 e. The minimum Gasteiger partial charge on any atom is -0.497 e. The summed E-state index contributed by atoms with van der Waals surface area (Å²) in [5, 5.41) is 15.7. The fourth-order valence-electron chi connectivity index (χ4n) is 4.57. The molecule has 1 fully saturated rings. The molecule has 1 amide bonds. The maximum atomic E-state index is 11.1. The topological polar surface area (TPSA) is 104 Å². The Kier molecular flexibility index (Phi) is 7.20. The Hall–Kier alpha value is -3.76. The molecule has 192 valence electrons. The van der Waals surface area contributed by atoms with Crippen LogP contribution in [0.15, 0.2) is 53.6 Å². The molecule has 0 saturated heterocycles. The second-order valence-electron chi connectivity index (χ2n) is 9.01. The number of hydrogen-bond acceptors (Lipinski definition) is 8. The number of methoxy groups -OCH3 is 1. The largest absolute Gasteiger partial charge is 0.497 e. The fourth-order valence-corrected chi connectivity index (χ4v) is 5.20. The second-order valence-corrected chi connectivity index (χ2v) is 10.3. The maximum Gasteiger partial charge on any atom is 0.238 e. The van der Waals surface area contributed by atoms with Gasteiger partial charge in [0.15, 0.2) is 5.82 Å². The summed E-state index contributed by atoms with van der Waals surface area (Å²) in [4.78, 5) is 15.7. The van der Waals surface area contributed by atoms with Crippen molar-refractivity contribution in [3.05, 3.63) is 59.7 Å². The molecule has 1 aliphatic rings. The molecule has 0 aliphatic heterocycles. The minimum atomic E-state index is 0.314. The van der Waals surface area contributed by atoms with Crippen molar-refractivity contribution in [2.24, 2.45) is 0 Å². The van der Waals surface area contributed by atoms with Gasteiger partial charge in [-0.15, -0.1) is 0 Å². The van der Waals surface area contributed by atoms with Crippen LogP contribution in [0.2, 0.25) is 0 Å². The van der Waals surface area contributed by atoms with Gasteiger partial charge in [-0.05, 0) is 105 Å². The number of anilines is 3. The number of aromatic amines is 1. The van der Waals surface area contributed by atoms with E-state index in [1.165, 1.54) is 17.5 Å².